The van der Waals surface area contributed by atoms with Crippen LogP contribution in [0.15, 0.2) is 18.2 Å². The maximum Gasteiger partial charge on any atom is 0.255 e. The van der Waals surface area contributed by atoms with Crippen molar-refractivity contribution in [3.8, 4) is 5.75 Å². The Hall–Kier alpha value is -2.16. The first-order valence-corrected chi connectivity index (χ1v) is 14.7. The van der Waals surface area contributed by atoms with Crippen molar-refractivity contribution < 1.29 is 24.2 Å². The van der Waals surface area contributed by atoms with E-state index in [4.69, 9.17) is 15.2 Å². The first-order valence-electron chi connectivity index (χ1n) is 14.7. The molecule has 1 rings (SSSR count). The summed E-state index contributed by atoms with van der Waals surface area (Å²) in [6.07, 6.45) is 3.75. The van der Waals surface area contributed by atoms with E-state index in [2.05, 4.69) is 31.4 Å². The zero-order valence-electron chi connectivity index (χ0n) is 25.4. The van der Waals surface area contributed by atoms with Crippen LogP contribution in [0.2, 0.25) is 0 Å². The average Bonchev–Trinajstić information content (AvgIpc) is 2.88. The molecule has 0 saturated heterocycles. The Bertz CT molecular complexity index is 846. The number of amides is 2. The number of hydrogen-bond donors (Lipinski definition) is 4. The topological polar surface area (TPSA) is 123 Å². The number of carbonyl (C=O) groups excluding carboxylic acids is 2. The fourth-order valence-electron chi connectivity index (χ4n) is 4.52. The van der Waals surface area contributed by atoms with E-state index in [9.17, 15) is 14.7 Å². The van der Waals surface area contributed by atoms with Gasteiger partial charge in [0.15, 0.2) is 0 Å². The molecule has 39 heavy (non-hydrogen) atoms. The van der Waals surface area contributed by atoms with Crippen LogP contribution in [0.5, 0.6) is 5.75 Å². The lowest BCUT2D eigenvalue weighted by atomic mass is 9.83. The van der Waals surface area contributed by atoms with E-state index >= 15 is 0 Å². The molecule has 8 nitrogen and oxygen atoms in total. The molecule has 0 spiro atoms. The van der Waals surface area contributed by atoms with Gasteiger partial charge in [0.05, 0.1) is 18.3 Å². The van der Waals surface area contributed by atoms with Gasteiger partial charge in [-0.05, 0) is 74.5 Å². The van der Waals surface area contributed by atoms with Crippen LogP contribution in [0.3, 0.4) is 0 Å². The smallest absolute Gasteiger partial charge is 0.255 e. The van der Waals surface area contributed by atoms with Gasteiger partial charge in [-0.25, -0.2) is 0 Å². The highest BCUT2D eigenvalue weighted by Gasteiger charge is 2.29. The molecule has 1 aromatic rings. The zero-order valence-corrected chi connectivity index (χ0v) is 25.4. The second-order valence-electron chi connectivity index (χ2n) is 11.5. The Morgan fingerprint density at radius 2 is 1.69 bits per heavy atom. The monoisotopic (exact) mass is 549 g/mol. The van der Waals surface area contributed by atoms with Gasteiger partial charge in [0.2, 0.25) is 5.91 Å². The van der Waals surface area contributed by atoms with Crippen LogP contribution in [0.1, 0.15) is 89.1 Å². The molecule has 0 aromatic heterocycles. The maximum atomic E-state index is 13.1. The number of aliphatic hydroxyl groups excluding tert-OH is 1. The number of nitrogens with two attached hydrogens (primary N) is 1. The van der Waals surface area contributed by atoms with Gasteiger partial charge in [-0.2, -0.15) is 0 Å². The van der Waals surface area contributed by atoms with Crippen LogP contribution < -0.4 is 21.1 Å². The Kier molecular flexibility index (Phi) is 17.0. The van der Waals surface area contributed by atoms with Crippen molar-refractivity contribution in [1.82, 2.24) is 10.6 Å². The highest BCUT2D eigenvalue weighted by Crippen LogP contribution is 2.24. The Morgan fingerprint density at radius 3 is 2.31 bits per heavy atom. The molecule has 0 heterocycles. The normalized spacial score (nSPS) is 14.6. The van der Waals surface area contributed by atoms with E-state index in [1.54, 1.807) is 13.2 Å². The lowest BCUT2D eigenvalue weighted by Gasteiger charge is -2.30. The van der Waals surface area contributed by atoms with Crippen LogP contribution in [-0.4, -0.2) is 62.5 Å². The van der Waals surface area contributed by atoms with E-state index in [-0.39, 0.29) is 35.5 Å². The highest BCUT2D eigenvalue weighted by atomic mass is 16.5. The van der Waals surface area contributed by atoms with Gasteiger partial charge in [0.1, 0.15) is 5.75 Å². The van der Waals surface area contributed by atoms with Crippen LogP contribution in [-0.2, 0) is 9.53 Å². The lowest BCUT2D eigenvalue weighted by Crippen LogP contribution is -2.44. The third-order valence-electron chi connectivity index (χ3n) is 7.39. The molecule has 5 N–H and O–H groups in total. The third kappa shape index (κ3) is 13.2. The summed E-state index contributed by atoms with van der Waals surface area (Å²) >= 11 is 0. The number of carbonyl (C=O) groups is 2. The first kappa shape index (κ1) is 34.9. The molecule has 0 bridgehead atoms. The molecule has 0 radical (unpaired) electrons. The molecule has 0 aliphatic heterocycles. The predicted molar refractivity (Wildman–Crippen MR) is 158 cm³/mol. The van der Waals surface area contributed by atoms with E-state index in [0.717, 1.165) is 31.2 Å². The number of rotatable bonds is 20. The number of nitrogens with one attached hydrogen (secondary N) is 2. The van der Waals surface area contributed by atoms with E-state index < -0.39 is 12.1 Å². The van der Waals surface area contributed by atoms with Gasteiger partial charge in [-0.15, -0.1) is 0 Å². The zero-order chi connectivity index (χ0) is 29.4. The number of aryl methyl sites for hydroxylation is 1. The molecule has 224 valence electrons. The van der Waals surface area contributed by atoms with Crippen LogP contribution >= 0.6 is 0 Å². The van der Waals surface area contributed by atoms with Gasteiger partial charge in [0, 0.05) is 38.8 Å². The average molecular weight is 550 g/mol. The molecular weight excluding hydrogens is 494 g/mol. The molecule has 0 aliphatic carbocycles. The summed E-state index contributed by atoms with van der Waals surface area (Å²) in [6, 6.07) is 5.10. The largest absolute Gasteiger partial charge is 0.493 e. The standard InChI is InChI=1S/C31H55N3O5/c1-8-9-14-33-31(37)26(22(4)5)19-28(35)27(32)18-24(21(2)3)20-34-30(36)25-13-12-23(6)17-29(25)39-16-11-10-15-38-7/h12-13,17,21-22,24,26-28,35H,8-11,14-16,18-20,32H2,1-7H3,(H,33,37)(H,34,36). The second-order valence-corrected chi connectivity index (χ2v) is 11.5. The summed E-state index contributed by atoms with van der Waals surface area (Å²) in [4.78, 5) is 25.8. The molecular formula is C31H55N3O5. The molecule has 0 fully saturated rings. The van der Waals surface area contributed by atoms with Gasteiger partial charge in [-0.3, -0.25) is 9.59 Å². The second kappa shape index (κ2) is 19.0. The Morgan fingerprint density at radius 1 is 1.00 bits per heavy atom. The van der Waals surface area contributed by atoms with Crippen LogP contribution in [0.25, 0.3) is 0 Å². The van der Waals surface area contributed by atoms with Crippen molar-refractivity contribution in [2.45, 2.75) is 92.2 Å². The molecule has 8 heteroatoms. The first-order chi connectivity index (χ1) is 18.5. The number of aliphatic hydroxyl groups is 1. The van der Waals surface area contributed by atoms with E-state index in [0.29, 0.717) is 50.5 Å². The lowest BCUT2D eigenvalue weighted by molar-refractivity contribution is -0.127. The summed E-state index contributed by atoms with van der Waals surface area (Å²) in [5.74, 6) is 0.483. The van der Waals surface area contributed by atoms with Gasteiger partial charge >= 0.3 is 0 Å². The number of methoxy groups -OCH3 is 1. The summed E-state index contributed by atoms with van der Waals surface area (Å²) < 4.78 is 11.0. The number of ether oxygens (including phenoxy) is 2. The van der Waals surface area contributed by atoms with Crippen molar-refractivity contribution >= 4 is 11.8 Å². The minimum absolute atomic E-state index is 0.0211. The number of hydrogen-bond acceptors (Lipinski definition) is 6. The van der Waals surface area contributed by atoms with Crippen LogP contribution in [0.4, 0.5) is 0 Å². The van der Waals surface area contributed by atoms with Gasteiger partial charge in [-0.1, -0.05) is 47.1 Å². The van der Waals surface area contributed by atoms with Crippen molar-refractivity contribution in [2.24, 2.45) is 29.4 Å². The molecule has 4 atom stereocenters. The summed E-state index contributed by atoms with van der Waals surface area (Å²) in [6.45, 7) is 14.5. The van der Waals surface area contributed by atoms with Crippen molar-refractivity contribution in [2.75, 3.05) is 33.4 Å². The Balaban J connectivity index is 2.75. The summed E-state index contributed by atoms with van der Waals surface area (Å²) in [5, 5.41) is 17.0. The molecule has 0 aliphatic rings. The number of benzene rings is 1. The molecule has 0 saturated carbocycles. The highest BCUT2D eigenvalue weighted by molar-refractivity contribution is 5.97. The van der Waals surface area contributed by atoms with Crippen molar-refractivity contribution in [3.63, 3.8) is 0 Å². The van der Waals surface area contributed by atoms with Gasteiger partial charge < -0.3 is 30.9 Å². The van der Waals surface area contributed by atoms with Crippen molar-refractivity contribution in [3.05, 3.63) is 29.3 Å². The predicted octanol–water partition coefficient (Wildman–Crippen LogP) is 4.46. The summed E-state index contributed by atoms with van der Waals surface area (Å²) in [5.41, 5.74) is 7.98. The molecule has 1 aromatic carbocycles. The quantitative estimate of drug-likeness (QED) is 0.178. The molecule has 4 unspecified atom stereocenters. The number of unbranched alkanes of at least 4 members (excludes halogenated alkanes) is 2. The minimum Gasteiger partial charge on any atom is -0.493 e. The fourth-order valence-corrected chi connectivity index (χ4v) is 4.52. The van der Waals surface area contributed by atoms with Gasteiger partial charge in [0.25, 0.3) is 5.91 Å². The maximum absolute atomic E-state index is 13.1. The van der Waals surface area contributed by atoms with E-state index in [1.165, 1.54) is 0 Å². The fraction of sp³-hybridized carbons (Fsp3) is 0.742. The molecule has 2 amide bonds. The van der Waals surface area contributed by atoms with Crippen molar-refractivity contribution in [1.29, 1.82) is 0 Å². The minimum atomic E-state index is -0.804. The van der Waals surface area contributed by atoms with Crippen LogP contribution in [0, 0.1) is 30.6 Å². The summed E-state index contributed by atoms with van der Waals surface area (Å²) in [7, 11) is 1.68. The Labute approximate surface area is 236 Å². The van der Waals surface area contributed by atoms with E-state index in [1.807, 2.05) is 32.9 Å². The SMILES string of the molecule is CCCCNC(=O)C(CC(O)C(N)CC(CNC(=O)c1ccc(C)cc1OCCCCOC)C(C)C)C(C)C. The third-order valence-corrected chi connectivity index (χ3v) is 7.39.